The van der Waals surface area contributed by atoms with Crippen molar-refractivity contribution in [1.29, 1.82) is 0 Å². The minimum Gasteiger partial charge on any atom is -0.481 e. The second-order valence-corrected chi connectivity index (χ2v) is 10.9. The molecule has 7 heteroatoms. The molecule has 3 aromatic carbocycles. The Morgan fingerprint density at radius 2 is 1.64 bits per heavy atom. The molecular formula is C29H27N3O3S. The molecule has 0 radical (unpaired) electrons. The zero-order chi connectivity index (χ0) is 25.3. The van der Waals surface area contributed by atoms with Gasteiger partial charge in [-0.25, -0.2) is 18.4 Å². The number of fused-ring (bicyclic) bond motifs is 1. The SMILES string of the molecule is COc1ccc(-c2ccc3nc(Cc4ccc(S(C)(=O)=O)cc4)n([C@H](C)c4ccccc4)c3c2)cn1. The molecule has 0 fully saturated rings. The third-order valence-electron chi connectivity index (χ3n) is 6.42. The number of methoxy groups -OCH3 is 1. The van der Waals surface area contributed by atoms with Crippen molar-refractivity contribution in [1.82, 2.24) is 14.5 Å². The lowest BCUT2D eigenvalue weighted by Crippen LogP contribution is -2.11. The Bertz CT molecular complexity index is 1610. The van der Waals surface area contributed by atoms with Gasteiger partial charge in [-0.2, -0.15) is 0 Å². The highest BCUT2D eigenvalue weighted by atomic mass is 32.2. The minimum absolute atomic E-state index is 0.0470. The topological polar surface area (TPSA) is 74.1 Å². The van der Waals surface area contributed by atoms with Crippen LogP contribution < -0.4 is 4.74 Å². The van der Waals surface area contributed by atoms with Crippen LogP contribution in [0.1, 0.15) is 29.9 Å². The number of hydrogen-bond acceptors (Lipinski definition) is 5. The van der Waals surface area contributed by atoms with E-state index in [9.17, 15) is 8.42 Å². The fourth-order valence-electron chi connectivity index (χ4n) is 4.47. The van der Waals surface area contributed by atoms with Gasteiger partial charge in [0.25, 0.3) is 0 Å². The maximum Gasteiger partial charge on any atom is 0.212 e. The highest BCUT2D eigenvalue weighted by molar-refractivity contribution is 7.90. The normalized spacial score (nSPS) is 12.5. The Labute approximate surface area is 211 Å². The van der Waals surface area contributed by atoms with E-state index in [0.29, 0.717) is 17.2 Å². The fraction of sp³-hybridized carbons (Fsp3) is 0.172. The van der Waals surface area contributed by atoms with Crippen LogP contribution in [0.15, 0.2) is 96.0 Å². The zero-order valence-electron chi connectivity index (χ0n) is 20.4. The first-order valence-corrected chi connectivity index (χ1v) is 13.6. The summed E-state index contributed by atoms with van der Waals surface area (Å²) in [6.07, 6.45) is 3.61. The molecule has 0 aliphatic heterocycles. The number of imidazole rings is 1. The van der Waals surface area contributed by atoms with Crippen molar-refractivity contribution in [3.63, 3.8) is 0 Å². The number of benzene rings is 3. The Morgan fingerprint density at radius 1 is 0.917 bits per heavy atom. The first kappa shape index (κ1) is 23.8. The average molecular weight is 498 g/mol. The number of ether oxygens (including phenoxy) is 1. The molecule has 0 amide bonds. The second kappa shape index (κ2) is 9.59. The molecule has 0 spiro atoms. The van der Waals surface area contributed by atoms with Crippen LogP contribution in [-0.2, 0) is 16.3 Å². The van der Waals surface area contributed by atoms with E-state index in [1.807, 2.05) is 54.7 Å². The third-order valence-corrected chi connectivity index (χ3v) is 7.55. The molecule has 1 atom stereocenters. The minimum atomic E-state index is -3.24. The van der Waals surface area contributed by atoms with E-state index in [1.165, 1.54) is 11.8 Å². The Morgan fingerprint density at radius 3 is 2.28 bits per heavy atom. The predicted molar refractivity (Wildman–Crippen MR) is 142 cm³/mol. The van der Waals surface area contributed by atoms with Crippen molar-refractivity contribution in [3.05, 3.63) is 108 Å². The Kier molecular flexibility index (Phi) is 6.33. The number of sulfone groups is 1. The predicted octanol–water partition coefficient (Wildman–Crippen LogP) is 5.71. The monoisotopic (exact) mass is 497 g/mol. The summed E-state index contributed by atoms with van der Waals surface area (Å²) >= 11 is 0. The summed E-state index contributed by atoms with van der Waals surface area (Å²) in [4.78, 5) is 9.67. The van der Waals surface area contributed by atoms with E-state index in [0.717, 1.165) is 33.5 Å². The van der Waals surface area contributed by atoms with Gasteiger partial charge in [-0.3, -0.25) is 0 Å². The van der Waals surface area contributed by atoms with Crippen molar-refractivity contribution in [3.8, 4) is 17.0 Å². The van der Waals surface area contributed by atoms with Crippen LogP contribution in [0.3, 0.4) is 0 Å². The highest BCUT2D eigenvalue weighted by Crippen LogP contribution is 2.31. The Hall–Kier alpha value is -3.97. The van der Waals surface area contributed by atoms with Crippen LogP contribution in [-0.4, -0.2) is 36.3 Å². The molecule has 0 saturated heterocycles. The van der Waals surface area contributed by atoms with Crippen molar-refractivity contribution in [2.24, 2.45) is 0 Å². The molecular weight excluding hydrogens is 470 g/mol. The van der Waals surface area contributed by atoms with Gasteiger partial charge in [0, 0.05) is 30.5 Å². The molecule has 5 rings (SSSR count). The first-order valence-electron chi connectivity index (χ1n) is 11.7. The first-order chi connectivity index (χ1) is 17.3. The Balaban J connectivity index is 1.61. The molecule has 0 bridgehead atoms. The summed E-state index contributed by atoms with van der Waals surface area (Å²) in [6, 6.07) is 27.6. The summed E-state index contributed by atoms with van der Waals surface area (Å²) in [5.74, 6) is 1.49. The molecule has 0 aliphatic rings. The molecule has 5 aromatic rings. The molecule has 0 saturated carbocycles. The lowest BCUT2D eigenvalue weighted by atomic mass is 10.1. The second-order valence-electron chi connectivity index (χ2n) is 8.87. The van der Waals surface area contributed by atoms with Crippen LogP contribution in [0.2, 0.25) is 0 Å². The number of aromatic nitrogens is 3. The quantitative estimate of drug-likeness (QED) is 0.288. The van der Waals surface area contributed by atoms with E-state index >= 15 is 0 Å². The average Bonchev–Trinajstić information content (AvgIpc) is 3.25. The van der Waals surface area contributed by atoms with Crippen LogP contribution >= 0.6 is 0 Å². The molecule has 182 valence electrons. The lowest BCUT2D eigenvalue weighted by Gasteiger charge is -2.19. The van der Waals surface area contributed by atoms with Gasteiger partial charge in [-0.1, -0.05) is 48.5 Å². The van der Waals surface area contributed by atoms with Crippen LogP contribution in [0.4, 0.5) is 0 Å². The number of pyridine rings is 1. The van der Waals surface area contributed by atoms with Crippen molar-refractivity contribution < 1.29 is 13.2 Å². The van der Waals surface area contributed by atoms with Crippen LogP contribution in [0, 0.1) is 0 Å². The largest absolute Gasteiger partial charge is 0.481 e. The summed E-state index contributed by atoms with van der Waals surface area (Å²) in [5, 5.41) is 0. The van der Waals surface area contributed by atoms with Gasteiger partial charge >= 0.3 is 0 Å². The molecule has 6 nitrogen and oxygen atoms in total. The van der Waals surface area contributed by atoms with E-state index in [-0.39, 0.29) is 6.04 Å². The number of rotatable bonds is 7. The van der Waals surface area contributed by atoms with Gasteiger partial charge in [-0.15, -0.1) is 0 Å². The smallest absolute Gasteiger partial charge is 0.212 e. The van der Waals surface area contributed by atoms with E-state index in [1.54, 1.807) is 19.2 Å². The van der Waals surface area contributed by atoms with Crippen molar-refractivity contribution in [2.75, 3.05) is 13.4 Å². The molecule has 2 aromatic heterocycles. The highest BCUT2D eigenvalue weighted by Gasteiger charge is 2.19. The van der Waals surface area contributed by atoms with Gasteiger partial charge in [0.05, 0.1) is 29.1 Å². The molecule has 0 unspecified atom stereocenters. The van der Waals surface area contributed by atoms with Crippen LogP contribution in [0.25, 0.3) is 22.2 Å². The fourth-order valence-corrected chi connectivity index (χ4v) is 5.10. The summed E-state index contributed by atoms with van der Waals surface area (Å²) < 4.78 is 31.2. The maximum atomic E-state index is 11.9. The summed E-state index contributed by atoms with van der Waals surface area (Å²) in [5.41, 5.74) is 6.16. The number of hydrogen-bond donors (Lipinski definition) is 0. The van der Waals surface area contributed by atoms with E-state index in [2.05, 4.69) is 40.7 Å². The third kappa shape index (κ3) is 4.75. The van der Waals surface area contributed by atoms with Gasteiger partial charge in [0.1, 0.15) is 5.82 Å². The van der Waals surface area contributed by atoms with Gasteiger partial charge in [0.15, 0.2) is 9.84 Å². The molecule has 0 aliphatic carbocycles. The summed E-state index contributed by atoms with van der Waals surface area (Å²) in [7, 11) is -1.64. The van der Waals surface area contributed by atoms with E-state index < -0.39 is 9.84 Å². The molecule has 36 heavy (non-hydrogen) atoms. The van der Waals surface area contributed by atoms with Gasteiger partial charge < -0.3 is 9.30 Å². The van der Waals surface area contributed by atoms with Crippen LogP contribution in [0.5, 0.6) is 5.88 Å². The van der Waals surface area contributed by atoms with Gasteiger partial charge in [0.2, 0.25) is 5.88 Å². The standard InChI is InChI=1S/C29H27N3O3S/c1-20(22-7-5-4-6-8-22)32-27-18-23(24-12-16-29(35-2)30-19-24)11-15-26(27)31-28(32)17-21-9-13-25(14-10-21)36(3,33)34/h4-16,18-20H,17H2,1-3H3/t20-/m1/s1. The van der Waals surface area contributed by atoms with Crippen molar-refractivity contribution in [2.45, 2.75) is 24.3 Å². The molecule has 0 N–H and O–H groups in total. The lowest BCUT2D eigenvalue weighted by molar-refractivity contribution is 0.398. The van der Waals surface area contributed by atoms with Crippen molar-refractivity contribution >= 4 is 20.9 Å². The van der Waals surface area contributed by atoms with E-state index in [4.69, 9.17) is 9.72 Å². The summed E-state index contributed by atoms with van der Waals surface area (Å²) in [6.45, 7) is 2.17. The zero-order valence-corrected chi connectivity index (χ0v) is 21.2. The maximum absolute atomic E-state index is 11.9. The molecule has 2 heterocycles. The van der Waals surface area contributed by atoms with Gasteiger partial charge in [-0.05, 0) is 53.9 Å². The number of nitrogens with zero attached hydrogens (tertiary/aromatic N) is 3.